The Morgan fingerprint density at radius 2 is 1.75 bits per heavy atom. The first-order valence-electron chi connectivity index (χ1n) is 23.2. The molecule has 3 aromatic rings. The number of hydrogen-bond donors (Lipinski definition) is 1. The molecule has 3 aliphatic rings. The number of aromatic nitrogens is 3. The number of nitrogens with zero attached hydrogens (tertiary/aromatic N) is 5. The second-order valence-electron chi connectivity index (χ2n) is 18.9. The number of methoxy groups -OCH3 is 1. The van der Waals surface area contributed by atoms with Gasteiger partial charge in [0.1, 0.15) is 17.9 Å². The average Bonchev–Trinajstić information content (AvgIpc) is 3.94. The number of rotatable bonds is 13. The molecule has 6 rings (SSSR count). The van der Waals surface area contributed by atoms with Crippen molar-refractivity contribution in [2.75, 3.05) is 27.7 Å². The molecule has 14 atom stereocenters. The van der Waals surface area contributed by atoms with Gasteiger partial charge in [0.2, 0.25) is 0 Å². The van der Waals surface area contributed by atoms with E-state index >= 15 is 4.39 Å². The van der Waals surface area contributed by atoms with Crippen molar-refractivity contribution in [2.45, 2.75) is 147 Å². The van der Waals surface area contributed by atoms with E-state index in [1.54, 1.807) is 76.7 Å². The minimum absolute atomic E-state index is 0.0576. The van der Waals surface area contributed by atoms with Gasteiger partial charge in [0.05, 0.1) is 41.4 Å². The summed E-state index contributed by atoms with van der Waals surface area (Å²) in [5.74, 6) is -6.76. The molecule has 0 spiro atoms. The molecule has 0 aliphatic carbocycles. The summed E-state index contributed by atoms with van der Waals surface area (Å²) in [6.07, 6.45) is 0.596. The summed E-state index contributed by atoms with van der Waals surface area (Å²) in [5, 5.41) is 1.26. The molecule has 1 N–H and O–H groups in total. The third kappa shape index (κ3) is 11.1. The van der Waals surface area contributed by atoms with Crippen LogP contribution in [0.3, 0.4) is 0 Å². The number of cyclic esters (lactones) is 1. The molecule has 18 heteroatoms. The maximum Gasteiger partial charge on any atom is 0.425 e. The van der Waals surface area contributed by atoms with E-state index in [4.69, 9.17) is 28.4 Å². The van der Waals surface area contributed by atoms with E-state index in [0.29, 0.717) is 18.4 Å². The number of likely N-dealkylation sites (N-methyl/N-ethyl adjacent to an activating group) is 1. The molecule has 366 valence electrons. The standard InChI is InChI=1S/C49H67FN6O11/c1-12-37-41-38(56(47(61)66-41)53-22-20-29(3)55-26-35(52-27-55)34-19-16-21-51-25-34)31(5)39(57)28(2)24-48(7,62-11)43(32(6)42(58)49(8,50)46(60)64-37)67-45-40(36(54(9)10)23-30(4)63-45)65-44(59)33-17-14-13-15-18-33/h13-19,21,25-32,36-38,40-41,43,45,53H,12,20,22-24H2,1-11H3/t28-,29?,30-,31-,32+,36+,37-,38-,40-,41?,43-,45?,48-,49+/m1/s1. The fraction of sp³-hybridized carbons (Fsp3) is 0.612. The zero-order chi connectivity index (χ0) is 49.0. The van der Waals surface area contributed by atoms with Crippen molar-refractivity contribution in [3.8, 4) is 11.3 Å². The molecule has 3 fully saturated rings. The molecule has 67 heavy (non-hydrogen) atoms. The van der Waals surface area contributed by atoms with Gasteiger partial charge in [-0.2, -0.15) is 0 Å². The number of alkyl halides is 1. The highest BCUT2D eigenvalue weighted by molar-refractivity contribution is 6.08. The Morgan fingerprint density at radius 3 is 2.39 bits per heavy atom. The van der Waals surface area contributed by atoms with Crippen LogP contribution in [0.15, 0.2) is 67.4 Å². The SMILES string of the molecule is CC[C@H]1OC(=O)[C@@](C)(F)C(=O)[C@H](C)[C@@H](OC2O[C@H](C)C[C@H](N(C)C)[C@H]2OC(=O)c2ccccc2)[C@](C)(OC)C[C@@H](C)C(=O)[C@H](C)[C@@H]2C1OC(=O)N2NCCC(C)n1cnc(-c2cccnc2)c1. The van der Waals surface area contributed by atoms with Gasteiger partial charge in [0.25, 0.3) is 5.67 Å². The summed E-state index contributed by atoms with van der Waals surface area (Å²) in [6, 6.07) is 10.7. The van der Waals surface area contributed by atoms with Crippen LogP contribution in [0.4, 0.5) is 9.18 Å². The van der Waals surface area contributed by atoms with Crippen molar-refractivity contribution >= 4 is 29.6 Å². The van der Waals surface area contributed by atoms with Crippen LogP contribution < -0.4 is 5.43 Å². The number of esters is 2. The number of carbonyl (C=O) groups excluding carboxylic acids is 5. The fourth-order valence-electron chi connectivity index (χ4n) is 9.67. The van der Waals surface area contributed by atoms with E-state index in [1.807, 2.05) is 55.7 Å². The van der Waals surface area contributed by atoms with Gasteiger partial charge in [-0.3, -0.25) is 14.6 Å². The molecule has 1 amide bonds. The zero-order valence-corrected chi connectivity index (χ0v) is 40.4. The lowest BCUT2D eigenvalue weighted by atomic mass is 9.75. The number of imidazole rings is 1. The Hall–Kier alpha value is -5.14. The predicted octanol–water partition coefficient (Wildman–Crippen LogP) is 6.17. The minimum atomic E-state index is -3.23. The fourth-order valence-corrected chi connectivity index (χ4v) is 9.67. The van der Waals surface area contributed by atoms with Crippen molar-refractivity contribution in [1.82, 2.24) is 29.9 Å². The monoisotopic (exact) mass is 934 g/mol. The molecule has 17 nitrogen and oxygen atoms in total. The van der Waals surface area contributed by atoms with E-state index in [0.717, 1.165) is 18.2 Å². The normalized spacial score (nSPS) is 33.7. The number of fused-ring (bicyclic) bond motifs is 1. The maximum absolute atomic E-state index is 17.1. The third-order valence-corrected chi connectivity index (χ3v) is 13.7. The largest absolute Gasteiger partial charge is 0.456 e. The summed E-state index contributed by atoms with van der Waals surface area (Å²) in [4.78, 5) is 81.4. The lowest BCUT2D eigenvalue weighted by molar-refractivity contribution is -0.294. The molecule has 5 heterocycles. The molecule has 2 aromatic heterocycles. The molecule has 1 aromatic carbocycles. The Kier molecular flexibility index (Phi) is 16.4. The summed E-state index contributed by atoms with van der Waals surface area (Å²) in [6.45, 7) is 13.1. The van der Waals surface area contributed by atoms with Gasteiger partial charge in [0.15, 0.2) is 24.3 Å². The van der Waals surface area contributed by atoms with E-state index in [1.165, 1.54) is 19.0 Å². The molecule has 3 unspecified atom stereocenters. The lowest BCUT2D eigenvalue weighted by Gasteiger charge is -2.47. The number of carbonyl (C=O) groups is 5. The molecule has 3 saturated heterocycles. The Bertz CT molecular complexity index is 2190. The maximum atomic E-state index is 17.1. The number of hydrazine groups is 1. The summed E-state index contributed by atoms with van der Waals surface area (Å²) in [5.41, 5.74) is 0.324. The van der Waals surface area contributed by atoms with Crippen molar-refractivity contribution in [1.29, 1.82) is 0 Å². The third-order valence-electron chi connectivity index (χ3n) is 13.7. The van der Waals surface area contributed by atoms with Crippen LogP contribution in [0.2, 0.25) is 0 Å². The molecule has 0 radical (unpaired) electrons. The molecule has 3 aliphatic heterocycles. The van der Waals surface area contributed by atoms with Crippen molar-refractivity contribution < 1.29 is 56.8 Å². The molecular weight excluding hydrogens is 868 g/mol. The zero-order valence-electron chi connectivity index (χ0n) is 40.4. The first-order valence-corrected chi connectivity index (χ1v) is 23.2. The van der Waals surface area contributed by atoms with Crippen LogP contribution in [0.1, 0.15) is 97.5 Å². The summed E-state index contributed by atoms with van der Waals surface area (Å²) in [7, 11) is 5.06. The molecule has 0 saturated carbocycles. The van der Waals surface area contributed by atoms with E-state index in [9.17, 15) is 24.0 Å². The van der Waals surface area contributed by atoms with E-state index in [-0.39, 0.29) is 31.2 Å². The van der Waals surface area contributed by atoms with E-state index < -0.39 is 102 Å². The van der Waals surface area contributed by atoms with Crippen LogP contribution >= 0.6 is 0 Å². The quantitative estimate of drug-likeness (QED) is 0.116. The van der Waals surface area contributed by atoms with E-state index in [2.05, 4.69) is 15.4 Å². The van der Waals surface area contributed by atoms with Crippen LogP contribution in [0, 0.1) is 17.8 Å². The van der Waals surface area contributed by atoms with Crippen LogP contribution in [-0.4, -0.2) is 142 Å². The number of halogens is 1. The van der Waals surface area contributed by atoms with Crippen LogP contribution in [-0.2, 0) is 42.8 Å². The highest BCUT2D eigenvalue weighted by Gasteiger charge is 2.57. The van der Waals surface area contributed by atoms with Crippen LogP contribution in [0.5, 0.6) is 0 Å². The topological polar surface area (TPSA) is 190 Å². The van der Waals surface area contributed by atoms with Crippen LogP contribution in [0.25, 0.3) is 11.3 Å². The molecular formula is C49H67FN6O11. The molecule has 0 bridgehead atoms. The van der Waals surface area contributed by atoms with Gasteiger partial charge in [-0.15, -0.1) is 0 Å². The first kappa shape index (κ1) is 51.3. The number of ether oxygens (including phenoxy) is 6. The number of ketones is 2. The highest BCUT2D eigenvalue weighted by atomic mass is 19.1. The van der Waals surface area contributed by atoms with Gasteiger partial charge in [0, 0.05) is 61.6 Å². The van der Waals surface area contributed by atoms with Gasteiger partial charge >= 0.3 is 18.0 Å². The predicted molar refractivity (Wildman–Crippen MR) is 243 cm³/mol. The second kappa shape index (κ2) is 21.4. The minimum Gasteiger partial charge on any atom is -0.456 e. The van der Waals surface area contributed by atoms with Gasteiger partial charge in [-0.25, -0.2) is 34.2 Å². The Balaban J connectivity index is 1.31. The summed E-state index contributed by atoms with van der Waals surface area (Å²) >= 11 is 0. The Labute approximate surface area is 392 Å². The highest BCUT2D eigenvalue weighted by Crippen LogP contribution is 2.40. The van der Waals surface area contributed by atoms with Crippen molar-refractivity contribution in [3.05, 3.63) is 72.9 Å². The number of amides is 1. The number of benzene rings is 1. The number of pyridine rings is 1. The number of nitrogens with one attached hydrogen (secondary N) is 1. The first-order chi connectivity index (χ1) is 31.7. The lowest BCUT2D eigenvalue weighted by Crippen LogP contribution is -2.61. The Morgan fingerprint density at radius 1 is 1.03 bits per heavy atom. The number of Topliss-reactive ketones (excluding diaryl/α,β-unsaturated/α-hetero) is 2. The number of hydrogen-bond acceptors (Lipinski definition) is 15. The van der Waals surface area contributed by atoms with Gasteiger partial charge in [-0.1, -0.05) is 45.9 Å². The van der Waals surface area contributed by atoms with Gasteiger partial charge < -0.3 is 37.9 Å². The second-order valence-corrected chi connectivity index (χ2v) is 18.9. The van der Waals surface area contributed by atoms with Crippen molar-refractivity contribution in [3.63, 3.8) is 0 Å². The average molecular weight is 935 g/mol. The van der Waals surface area contributed by atoms with Gasteiger partial charge in [-0.05, 0) is 91.7 Å². The smallest absolute Gasteiger partial charge is 0.425 e. The van der Waals surface area contributed by atoms with Crippen molar-refractivity contribution in [2.24, 2.45) is 17.8 Å². The summed E-state index contributed by atoms with van der Waals surface area (Å²) < 4.78 is 56.3.